The molecule has 2 unspecified atom stereocenters. The van der Waals surface area contributed by atoms with E-state index in [0.717, 1.165) is 25.7 Å². The number of unbranched alkanes of at least 4 members (excludes halogenated alkanes) is 4. The standard InChI is InChI=1S/C14H24Cl2O4/c1-3-5-7-9-13(15,11(17)18)14(16,12(19)20)10-8-6-4-2/h3-10H2,1-2H3,(H,17,18)(H,19,20). The lowest BCUT2D eigenvalue weighted by Gasteiger charge is -2.36. The fourth-order valence-electron chi connectivity index (χ4n) is 2.19. The van der Waals surface area contributed by atoms with Crippen molar-refractivity contribution in [2.75, 3.05) is 0 Å². The van der Waals surface area contributed by atoms with Crippen molar-refractivity contribution in [1.82, 2.24) is 0 Å². The number of rotatable bonds is 11. The number of alkyl halides is 2. The highest BCUT2D eigenvalue weighted by atomic mass is 35.5. The minimum atomic E-state index is -1.97. The van der Waals surface area contributed by atoms with Gasteiger partial charge in [0.25, 0.3) is 0 Å². The molecule has 0 fully saturated rings. The first kappa shape index (κ1) is 19.5. The van der Waals surface area contributed by atoms with Crippen LogP contribution in [0.2, 0.25) is 0 Å². The van der Waals surface area contributed by atoms with E-state index < -0.39 is 21.7 Å². The van der Waals surface area contributed by atoms with Crippen LogP contribution in [0.15, 0.2) is 0 Å². The van der Waals surface area contributed by atoms with Crippen LogP contribution in [0.4, 0.5) is 0 Å². The van der Waals surface area contributed by atoms with Gasteiger partial charge in [-0.05, 0) is 12.8 Å². The minimum Gasteiger partial charge on any atom is -0.480 e. The van der Waals surface area contributed by atoms with E-state index in [-0.39, 0.29) is 12.8 Å². The molecular formula is C14H24Cl2O4. The molecule has 0 heterocycles. The van der Waals surface area contributed by atoms with Gasteiger partial charge in [-0.2, -0.15) is 0 Å². The van der Waals surface area contributed by atoms with Crippen molar-refractivity contribution >= 4 is 35.1 Å². The third-order valence-electron chi connectivity index (χ3n) is 3.56. The molecule has 0 spiro atoms. The number of carbonyl (C=O) groups is 2. The van der Waals surface area contributed by atoms with Gasteiger partial charge in [-0.3, -0.25) is 9.59 Å². The van der Waals surface area contributed by atoms with Gasteiger partial charge >= 0.3 is 11.9 Å². The van der Waals surface area contributed by atoms with Crippen LogP contribution in [0.3, 0.4) is 0 Å². The number of aliphatic carboxylic acids is 2. The lowest BCUT2D eigenvalue weighted by atomic mass is 9.82. The Balaban J connectivity index is 5.21. The zero-order valence-electron chi connectivity index (χ0n) is 12.1. The molecule has 4 nitrogen and oxygen atoms in total. The third-order valence-corrected chi connectivity index (χ3v) is 5.00. The van der Waals surface area contributed by atoms with Gasteiger partial charge in [0, 0.05) is 0 Å². The first-order valence-corrected chi connectivity index (χ1v) is 7.86. The molecule has 0 radical (unpaired) electrons. The van der Waals surface area contributed by atoms with Crippen LogP contribution >= 0.6 is 23.2 Å². The Labute approximate surface area is 130 Å². The molecule has 0 amide bonds. The lowest BCUT2D eigenvalue weighted by molar-refractivity contribution is -0.150. The van der Waals surface area contributed by atoms with Gasteiger partial charge in [0.1, 0.15) is 0 Å². The van der Waals surface area contributed by atoms with Crippen molar-refractivity contribution in [2.45, 2.75) is 75.0 Å². The topological polar surface area (TPSA) is 74.6 Å². The fourth-order valence-corrected chi connectivity index (χ4v) is 2.80. The van der Waals surface area contributed by atoms with Crippen molar-refractivity contribution in [3.63, 3.8) is 0 Å². The Morgan fingerprint density at radius 1 is 0.800 bits per heavy atom. The van der Waals surface area contributed by atoms with Crippen LogP contribution in [0, 0.1) is 0 Å². The second-order valence-electron chi connectivity index (χ2n) is 5.13. The zero-order valence-corrected chi connectivity index (χ0v) is 13.6. The fraction of sp³-hybridized carbons (Fsp3) is 0.857. The molecule has 0 bridgehead atoms. The summed E-state index contributed by atoms with van der Waals surface area (Å²) in [5.74, 6) is -2.71. The predicted molar refractivity (Wildman–Crippen MR) is 80.7 cm³/mol. The summed E-state index contributed by atoms with van der Waals surface area (Å²) in [6, 6.07) is 0. The van der Waals surface area contributed by atoms with E-state index in [4.69, 9.17) is 23.2 Å². The highest BCUT2D eigenvalue weighted by Gasteiger charge is 2.59. The molecule has 6 heteroatoms. The molecule has 0 aromatic carbocycles. The van der Waals surface area contributed by atoms with Crippen molar-refractivity contribution in [2.24, 2.45) is 0 Å². The summed E-state index contributed by atoms with van der Waals surface area (Å²) < 4.78 is 0. The maximum atomic E-state index is 11.5. The Bertz CT molecular complexity index is 303. The molecule has 0 aliphatic rings. The number of carboxylic acid groups (broad SMARTS) is 2. The molecule has 0 aromatic heterocycles. The highest BCUT2D eigenvalue weighted by Crippen LogP contribution is 2.44. The average molecular weight is 327 g/mol. The monoisotopic (exact) mass is 326 g/mol. The van der Waals surface area contributed by atoms with E-state index in [9.17, 15) is 19.8 Å². The van der Waals surface area contributed by atoms with Crippen LogP contribution in [-0.4, -0.2) is 31.9 Å². The summed E-state index contributed by atoms with van der Waals surface area (Å²) in [5, 5.41) is 18.8. The Kier molecular flexibility index (Phi) is 8.52. The van der Waals surface area contributed by atoms with Crippen molar-refractivity contribution in [3.05, 3.63) is 0 Å². The lowest BCUT2D eigenvalue weighted by Crippen LogP contribution is -2.56. The summed E-state index contributed by atoms with van der Waals surface area (Å²) in [7, 11) is 0. The molecule has 118 valence electrons. The quantitative estimate of drug-likeness (QED) is 0.439. The van der Waals surface area contributed by atoms with Gasteiger partial charge in [-0.25, -0.2) is 0 Å². The Hall–Kier alpha value is -0.480. The molecule has 2 N–H and O–H groups in total. The number of halogens is 2. The first-order valence-electron chi connectivity index (χ1n) is 7.10. The summed E-state index contributed by atoms with van der Waals surface area (Å²) in [6.07, 6.45) is 4.57. The minimum absolute atomic E-state index is 0.0552. The summed E-state index contributed by atoms with van der Waals surface area (Å²) >= 11 is 12.4. The summed E-state index contributed by atoms with van der Waals surface area (Å²) in [6.45, 7) is 3.95. The summed E-state index contributed by atoms with van der Waals surface area (Å²) in [5.41, 5.74) is 0. The van der Waals surface area contributed by atoms with Gasteiger partial charge in [-0.1, -0.05) is 52.4 Å². The highest BCUT2D eigenvalue weighted by molar-refractivity contribution is 6.47. The first-order chi connectivity index (χ1) is 9.26. The van der Waals surface area contributed by atoms with E-state index >= 15 is 0 Å². The van der Waals surface area contributed by atoms with E-state index in [2.05, 4.69) is 0 Å². The Morgan fingerprint density at radius 2 is 1.10 bits per heavy atom. The molecule has 0 saturated carbocycles. The molecule has 2 atom stereocenters. The molecule has 0 saturated heterocycles. The second-order valence-corrected chi connectivity index (χ2v) is 6.42. The van der Waals surface area contributed by atoms with Crippen LogP contribution in [-0.2, 0) is 9.59 Å². The number of hydrogen-bond acceptors (Lipinski definition) is 2. The smallest absolute Gasteiger partial charge is 0.327 e. The van der Waals surface area contributed by atoms with Crippen molar-refractivity contribution in [1.29, 1.82) is 0 Å². The normalized spacial score (nSPS) is 17.2. The van der Waals surface area contributed by atoms with Gasteiger partial charge < -0.3 is 10.2 Å². The van der Waals surface area contributed by atoms with Gasteiger partial charge in [0.15, 0.2) is 9.75 Å². The maximum absolute atomic E-state index is 11.5. The SMILES string of the molecule is CCCCCC(Cl)(C(=O)O)C(Cl)(CCCCC)C(=O)O. The largest absolute Gasteiger partial charge is 0.480 e. The van der Waals surface area contributed by atoms with E-state index in [1.54, 1.807) is 0 Å². The van der Waals surface area contributed by atoms with E-state index in [0.29, 0.717) is 12.8 Å². The van der Waals surface area contributed by atoms with Crippen LogP contribution < -0.4 is 0 Å². The van der Waals surface area contributed by atoms with Crippen molar-refractivity contribution < 1.29 is 19.8 Å². The Morgan fingerprint density at radius 3 is 1.30 bits per heavy atom. The van der Waals surface area contributed by atoms with Crippen LogP contribution in [0.5, 0.6) is 0 Å². The second kappa shape index (κ2) is 8.73. The molecule has 0 aromatic rings. The summed E-state index contributed by atoms with van der Waals surface area (Å²) in [4.78, 5) is 19.1. The maximum Gasteiger partial charge on any atom is 0.327 e. The van der Waals surface area contributed by atoms with Crippen LogP contribution in [0.1, 0.15) is 65.2 Å². The zero-order chi connectivity index (χ0) is 15.8. The number of hydrogen-bond donors (Lipinski definition) is 2. The van der Waals surface area contributed by atoms with Crippen LogP contribution in [0.25, 0.3) is 0 Å². The van der Waals surface area contributed by atoms with Crippen molar-refractivity contribution in [3.8, 4) is 0 Å². The van der Waals surface area contributed by atoms with E-state index in [1.165, 1.54) is 0 Å². The molecule has 0 rings (SSSR count). The van der Waals surface area contributed by atoms with Gasteiger partial charge in [0.05, 0.1) is 0 Å². The van der Waals surface area contributed by atoms with E-state index in [1.807, 2.05) is 13.8 Å². The van der Waals surface area contributed by atoms with Gasteiger partial charge in [-0.15, -0.1) is 23.2 Å². The third kappa shape index (κ3) is 4.52. The molecule has 20 heavy (non-hydrogen) atoms. The molecular weight excluding hydrogens is 303 g/mol. The average Bonchev–Trinajstić information content (AvgIpc) is 2.38. The van der Waals surface area contributed by atoms with Gasteiger partial charge in [0.2, 0.25) is 0 Å². The molecule has 0 aliphatic heterocycles. The predicted octanol–water partition coefficient (Wildman–Crippen LogP) is 4.27. The number of carboxylic acids is 2. The molecule has 0 aliphatic carbocycles.